The average Bonchev–Trinajstić information content (AvgIpc) is 2.46. The number of rotatable bonds is 5. The highest BCUT2D eigenvalue weighted by Crippen LogP contribution is 2.26. The van der Waals surface area contributed by atoms with Crippen molar-refractivity contribution in [3.05, 3.63) is 42.5 Å². The fraction of sp³-hybridized carbons (Fsp3) is 0.267. The van der Waals surface area contributed by atoms with E-state index in [1.807, 2.05) is 49.4 Å². The van der Waals surface area contributed by atoms with Gasteiger partial charge < -0.3 is 15.7 Å². The van der Waals surface area contributed by atoms with Gasteiger partial charge in [0.25, 0.3) is 0 Å². The summed E-state index contributed by atoms with van der Waals surface area (Å²) in [6.07, 6.45) is 1.20. The van der Waals surface area contributed by atoms with E-state index in [2.05, 4.69) is 5.16 Å². The molecule has 0 radical (unpaired) electrons. The van der Waals surface area contributed by atoms with Gasteiger partial charge in [0.2, 0.25) is 0 Å². The number of ether oxygens (including phenoxy) is 1. The maximum Gasteiger partial charge on any atom is 0.180 e. The number of nitrogens with zero attached hydrogens (tertiary/aromatic N) is 1. The number of hydrogen-bond acceptors (Lipinski definition) is 3. The monoisotopic (exact) mass is 258 g/mol. The van der Waals surface area contributed by atoms with Gasteiger partial charge in [0.05, 0.1) is 0 Å². The van der Waals surface area contributed by atoms with E-state index in [0.29, 0.717) is 6.42 Å². The van der Waals surface area contributed by atoms with Gasteiger partial charge in [-0.25, -0.2) is 0 Å². The van der Waals surface area contributed by atoms with Crippen LogP contribution in [-0.2, 0) is 0 Å². The molecular weight excluding hydrogens is 240 g/mol. The molecule has 1 unspecified atom stereocenters. The summed E-state index contributed by atoms with van der Waals surface area (Å²) in [4.78, 5) is 0. The topological polar surface area (TPSA) is 67.8 Å². The molecule has 0 saturated heterocycles. The van der Waals surface area contributed by atoms with Crippen LogP contribution in [0.5, 0.6) is 5.75 Å². The van der Waals surface area contributed by atoms with Gasteiger partial charge in [-0.1, -0.05) is 54.9 Å². The molecule has 0 heterocycles. The number of fused-ring (bicyclic) bond motifs is 1. The lowest BCUT2D eigenvalue weighted by Crippen LogP contribution is -2.34. The predicted molar refractivity (Wildman–Crippen MR) is 76.7 cm³/mol. The first kappa shape index (κ1) is 13.2. The highest BCUT2D eigenvalue weighted by molar-refractivity contribution is 5.89. The van der Waals surface area contributed by atoms with Crippen molar-refractivity contribution in [2.75, 3.05) is 0 Å². The first-order valence-electron chi connectivity index (χ1n) is 6.38. The molecule has 0 amide bonds. The molecule has 1 atom stereocenters. The molecule has 0 aliphatic rings. The van der Waals surface area contributed by atoms with Crippen molar-refractivity contribution in [1.82, 2.24) is 0 Å². The number of hydrogen-bond donors (Lipinski definition) is 2. The Bertz CT molecular complexity index is 576. The molecule has 4 nitrogen and oxygen atoms in total. The fourth-order valence-electron chi connectivity index (χ4n) is 2.05. The molecule has 0 spiro atoms. The van der Waals surface area contributed by atoms with Gasteiger partial charge in [0.15, 0.2) is 11.9 Å². The van der Waals surface area contributed by atoms with Crippen molar-refractivity contribution in [2.45, 2.75) is 25.9 Å². The quantitative estimate of drug-likeness (QED) is 0.375. The summed E-state index contributed by atoms with van der Waals surface area (Å²) < 4.78 is 5.91. The third kappa shape index (κ3) is 2.96. The van der Waals surface area contributed by atoms with Crippen molar-refractivity contribution in [2.24, 2.45) is 10.9 Å². The van der Waals surface area contributed by atoms with E-state index in [1.165, 1.54) is 0 Å². The van der Waals surface area contributed by atoms with Crippen LogP contribution in [-0.4, -0.2) is 17.1 Å². The molecule has 0 aromatic heterocycles. The number of amidine groups is 1. The van der Waals surface area contributed by atoms with Crippen LogP contribution < -0.4 is 10.5 Å². The van der Waals surface area contributed by atoms with E-state index in [-0.39, 0.29) is 5.84 Å². The summed E-state index contributed by atoms with van der Waals surface area (Å²) in [6, 6.07) is 13.8. The molecule has 2 aromatic carbocycles. The first-order chi connectivity index (χ1) is 9.26. The standard InChI is InChI=1S/C15H18N2O2/c1-2-6-14(15(16)17-18)19-13-10-5-8-11-7-3-4-9-12(11)13/h3-5,7-10,14,18H,2,6H2,1H3,(H2,16,17). The normalized spacial score (nSPS) is 13.4. The minimum Gasteiger partial charge on any atom is -0.482 e. The summed E-state index contributed by atoms with van der Waals surface area (Å²) >= 11 is 0. The third-order valence-corrected chi connectivity index (χ3v) is 3.02. The zero-order valence-electron chi connectivity index (χ0n) is 10.9. The lowest BCUT2D eigenvalue weighted by atomic mass is 10.1. The third-order valence-electron chi connectivity index (χ3n) is 3.02. The second-order valence-electron chi connectivity index (χ2n) is 4.40. The second-order valence-corrected chi connectivity index (χ2v) is 4.40. The van der Waals surface area contributed by atoms with E-state index in [4.69, 9.17) is 15.7 Å². The maximum absolute atomic E-state index is 8.81. The van der Waals surface area contributed by atoms with Gasteiger partial charge in [-0.15, -0.1) is 0 Å². The van der Waals surface area contributed by atoms with Gasteiger partial charge in [-0.2, -0.15) is 0 Å². The highest BCUT2D eigenvalue weighted by atomic mass is 16.5. The minimum absolute atomic E-state index is 0.106. The van der Waals surface area contributed by atoms with Crippen LogP contribution in [0.4, 0.5) is 0 Å². The van der Waals surface area contributed by atoms with E-state index >= 15 is 0 Å². The molecule has 2 aromatic rings. The van der Waals surface area contributed by atoms with Crippen molar-refractivity contribution in [3.8, 4) is 5.75 Å². The Balaban J connectivity index is 2.33. The molecule has 19 heavy (non-hydrogen) atoms. The van der Waals surface area contributed by atoms with Gasteiger partial charge in [0.1, 0.15) is 5.75 Å². The van der Waals surface area contributed by atoms with Crippen molar-refractivity contribution < 1.29 is 9.94 Å². The molecule has 3 N–H and O–H groups in total. The first-order valence-corrected chi connectivity index (χ1v) is 6.38. The minimum atomic E-state index is -0.402. The molecule has 2 rings (SSSR count). The van der Waals surface area contributed by atoms with Gasteiger partial charge in [0, 0.05) is 5.39 Å². The Morgan fingerprint density at radius 3 is 2.74 bits per heavy atom. The van der Waals surface area contributed by atoms with Crippen LogP contribution in [0.1, 0.15) is 19.8 Å². The zero-order valence-corrected chi connectivity index (χ0v) is 10.9. The van der Waals surface area contributed by atoms with Crippen LogP contribution in [0.3, 0.4) is 0 Å². The summed E-state index contributed by atoms with van der Waals surface area (Å²) in [5.41, 5.74) is 5.67. The molecule has 0 aliphatic heterocycles. The molecular formula is C15H18N2O2. The summed E-state index contributed by atoms with van der Waals surface area (Å²) in [6.45, 7) is 2.03. The Kier molecular flexibility index (Phi) is 4.23. The second kappa shape index (κ2) is 6.09. The van der Waals surface area contributed by atoms with Crippen LogP contribution in [0.15, 0.2) is 47.6 Å². The van der Waals surface area contributed by atoms with Crippen LogP contribution in [0, 0.1) is 0 Å². The average molecular weight is 258 g/mol. The Hall–Kier alpha value is -2.23. The lowest BCUT2D eigenvalue weighted by molar-refractivity contribution is 0.242. The van der Waals surface area contributed by atoms with Gasteiger partial charge >= 0.3 is 0 Å². The lowest BCUT2D eigenvalue weighted by Gasteiger charge is -2.18. The van der Waals surface area contributed by atoms with E-state index < -0.39 is 6.10 Å². The predicted octanol–water partition coefficient (Wildman–Crippen LogP) is 3.13. The zero-order chi connectivity index (χ0) is 13.7. The van der Waals surface area contributed by atoms with Crippen LogP contribution >= 0.6 is 0 Å². The van der Waals surface area contributed by atoms with E-state index in [1.54, 1.807) is 0 Å². The largest absolute Gasteiger partial charge is 0.482 e. The molecule has 0 fully saturated rings. The van der Waals surface area contributed by atoms with Gasteiger partial charge in [-0.05, 0) is 17.9 Å². The highest BCUT2D eigenvalue weighted by Gasteiger charge is 2.16. The van der Waals surface area contributed by atoms with E-state index in [0.717, 1.165) is 22.9 Å². The van der Waals surface area contributed by atoms with Crippen molar-refractivity contribution in [1.29, 1.82) is 0 Å². The summed E-state index contributed by atoms with van der Waals surface area (Å²) in [7, 11) is 0. The SMILES string of the molecule is CCCC(Oc1cccc2ccccc12)C(N)=NO. The van der Waals surface area contributed by atoms with Crippen molar-refractivity contribution in [3.63, 3.8) is 0 Å². The van der Waals surface area contributed by atoms with Crippen LogP contribution in [0.2, 0.25) is 0 Å². The van der Waals surface area contributed by atoms with Gasteiger partial charge in [-0.3, -0.25) is 0 Å². The van der Waals surface area contributed by atoms with E-state index in [9.17, 15) is 0 Å². The number of oxime groups is 1. The maximum atomic E-state index is 8.81. The molecule has 0 aliphatic carbocycles. The molecule has 4 heteroatoms. The number of benzene rings is 2. The Labute approximate surface area is 112 Å². The smallest absolute Gasteiger partial charge is 0.180 e. The molecule has 0 bridgehead atoms. The number of nitrogens with two attached hydrogens (primary N) is 1. The molecule has 0 saturated carbocycles. The fourth-order valence-corrected chi connectivity index (χ4v) is 2.05. The Morgan fingerprint density at radius 1 is 1.26 bits per heavy atom. The summed E-state index contributed by atoms with van der Waals surface area (Å²) in [5, 5.41) is 14.0. The Morgan fingerprint density at radius 2 is 2.00 bits per heavy atom. The summed E-state index contributed by atoms with van der Waals surface area (Å²) in [5.74, 6) is 0.859. The van der Waals surface area contributed by atoms with Crippen molar-refractivity contribution >= 4 is 16.6 Å². The van der Waals surface area contributed by atoms with Crippen LogP contribution in [0.25, 0.3) is 10.8 Å². The molecule has 100 valence electrons.